The first-order chi connectivity index (χ1) is 11.7. The van der Waals surface area contributed by atoms with Crippen molar-refractivity contribution >= 4 is 27.3 Å². The number of hydrogen-bond acceptors (Lipinski definition) is 5. The summed E-state index contributed by atoms with van der Waals surface area (Å²) < 4.78 is 25.2. The van der Waals surface area contributed by atoms with Gasteiger partial charge in [0.05, 0.1) is 16.9 Å². The second-order valence-corrected chi connectivity index (χ2v) is 7.19. The smallest absolute Gasteiger partial charge is 0.285 e. The van der Waals surface area contributed by atoms with Crippen LogP contribution in [0.1, 0.15) is 21.5 Å². The van der Waals surface area contributed by atoms with E-state index < -0.39 is 20.9 Å². The number of nitro benzene ring substituents is 1. The minimum atomic E-state index is -3.47. The van der Waals surface area contributed by atoms with E-state index in [4.69, 9.17) is 0 Å². The standard InChI is InChI=1S/C16H17N3O5S/c1-11-6-5-8-13(15(11)19(21)22)16(20)17-10-12-7-3-4-9-14(12)18-25(2,23)24/h3-9,18H,10H2,1-2H3,(H,17,20). The Bertz CT molecular complexity index is 925. The van der Waals surface area contributed by atoms with E-state index in [0.29, 0.717) is 16.8 Å². The largest absolute Gasteiger partial charge is 0.348 e. The zero-order valence-corrected chi connectivity index (χ0v) is 14.5. The Balaban J connectivity index is 2.22. The minimum Gasteiger partial charge on any atom is -0.348 e. The molecule has 0 aliphatic heterocycles. The zero-order valence-electron chi connectivity index (χ0n) is 13.6. The first-order valence-corrected chi connectivity index (χ1v) is 9.16. The number of nitrogens with one attached hydrogen (secondary N) is 2. The number of carbonyl (C=O) groups is 1. The third-order valence-electron chi connectivity index (χ3n) is 3.42. The van der Waals surface area contributed by atoms with Gasteiger partial charge < -0.3 is 5.32 Å². The lowest BCUT2D eigenvalue weighted by Gasteiger charge is -2.12. The number of nitrogens with zero attached hydrogens (tertiary/aromatic N) is 1. The van der Waals surface area contributed by atoms with Crippen LogP contribution in [-0.4, -0.2) is 25.5 Å². The van der Waals surface area contributed by atoms with Crippen molar-refractivity contribution in [3.63, 3.8) is 0 Å². The molecule has 0 aliphatic rings. The first kappa shape index (κ1) is 18.4. The average molecular weight is 363 g/mol. The molecule has 2 N–H and O–H groups in total. The van der Waals surface area contributed by atoms with Gasteiger partial charge in [-0.05, 0) is 24.6 Å². The predicted molar refractivity (Wildman–Crippen MR) is 93.9 cm³/mol. The van der Waals surface area contributed by atoms with Crippen LogP contribution in [0.2, 0.25) is 0 Å². The fraction of sp³-hybridized carbons (Fsp3) is 0.188. The molecule has 25 heavy (non-hydrogen) atoms. The number of carbonyl (C=O) groups excluding carboxylic acids is 1. The second-order valence-electron chi connectivity index (χ2n) is 5.44. The minimum absolute atomic E-state index is 0.0165. The lowest BCUT2D eigenvalue weighted by Crippen LogP contribution is -2.24. The molecule has 9 heteroatoms. The maximum atomic E-state index is 12.3. The molecule has 132 valence electrons. The zero-order chi connectivity index (χ0) is 18.6. The van der Waals surface area contributed by atoms with E-state index >= 15 is 0 Å². The van der Waals surface area contributed by atoms with Gasteiger partial charge in [-0.1, -0.05) is 30.3 Å². The SMILES string of the molecule is Cc1cccc(C(=O)NCc2ccccc2NS(C)(=O)=O)c1[N+](=O)[O-]. The van der Waals surface area contributed by atoms with Gasteiger partial charge in [0.15, 0.2) is 0 Å². The number of amides is 1. The molecule has 0 unspecified atom stereocenters. The van der Waals surface area contributed by atoms with Crippen molar-refractivity contribution in [2.24, 2.45) is 0 Å². The molecule has 2 aromatic rings. The average Bonchev–Trinajstić information content (AvgIpc) is 2.51. The molecule has 1 amide bonds. The molecule has 0 atom stereocenters. The van der Waals surface area contributed by atoms with Gasteiger partial charge in [-0.2, -0.15) is 0 Å². The van der Waals surface area contributed by atoms with Crippen molar-refractivity contribution in [1.82, 2.24) is 5.32 Å². The van der Waals surface area contributed by atoms with E-state index in [1.165, 1.54) is 6.07 Å². The molecule has 0 bridgehead atoms. The molecule has 0 radical (unpaired) electrons. The number of rotatable bonds is 6. The van der Waals surface area contributed by atoms with Crippen LogP contribution in [0.15, 0.2) is 42.5 Å². The van der Waals surface area contributed by atoms with Crippen molar-refractivity contribution in [3.8, 4) is 0 Å². The Morgan fingerprint density at radius 3 is 2.48 bits per heavy atom. The Hall–Kier alpha value is -2.94. The number of para-hydroxylation sites is 2. The van der Waals surface area contributed by atoms with Crippen LogP contribution in [0.4, 0.5) is 11.4 Å². The number of aryl methyl sites for hydroxylation is 1. The summed E-state index contributed by atoms with van der Waals surface area (Å²) >= 11 is 0. The number of benzene rings is 2. The van der Waals surface area contributed by atoms with Gasteiger partial charge in [0.1, 0.15) is 5.56 Å². The lowest BCUT2D eigenvalue weighted by atomic mass is 10.1. The van der Waals surface area contributed by atoms with Gasteiger partial charge in [-0.3, -0.25) is 19.6 Å². The first-order valence-electron chi connectivity index (χ1n) is 7.27. The van der Waals surface area contributed by atoms with E-state index in [-0.39, 0.29) is 17.8 Å². The van der Waals surface area contributed by atoms with E-state index in [1.54, 1.807) is 43.3 Å². The topological polar surface area (TPSA) is 118 Å². The molecular formula is C16H17N3O5S. The molecule has 0 aliphatic carbocycles. The van der Waals surface area contributed by atoms with Gasteiger partial charge in [-0.15, -0.1) is 0 Å². The van der Waals surface area contributed by atoms with Crippen molar-refractivity contribution in [2.75, 3.05) is 11.0 Å². The second kappa shape index (κ2) is 7.31. The van der Waals surface area contributed by atoms with Gasteiger partial charge in [-0.25, -0.2) is 8.42 Å². The number of sulfonamides is 1. The van der Waals surface area contributed by atoms with Crippen molar-refractivity contribution in [1.29, 1.82) is 0 Å². The third-order valence-corrected chi connectivity index (χ3v) is 4.01. The lowest BCUT2D eigenvalue weighted by molar-refractivity contribution is -0.385. The Kier molecular flexibility index (Phi) is 5.38. The summed E-state index contributed by atoms with van der Waals surface area (Å²) in [6.45, 7) is 1.57. The molecule has 0 aromatic heterocycles. The van der Waals surface area contributed by atoms with Gasteiger partial charge in [0.2, 0.25) is 10.0 Å². The van der Waals surface area contributed by atoms with Crippen molar-refractivity contribution in [2.45, 2.75) is 13.5 Å². The summed E-state index contributed by atoms with van der Waals surface area (Å²) in [5.41, 5.74) is 0.971. The number of hydrogen-bond donors (Lipinski definition) is 2. The molecule has 0 saturated carbocycles. The van der Waals surface area contributed by atoms with Crippen LogP contribution in [0.25, 0.3) is 0 Å². The van der Waals surface area contributed by atoms with E-state index in [1.807, 2.05) is 0 Å². The van der Waals surface area contributed by atoms with Gasteiger partial charge in [0, 0.05) is 12.1 Å². The van der Waals surface area contributed by atoms with Crippen LogP contribution >= 0.6 is 0 Å². The van der Waals surface area contributed by atoms with Gasteiger partial charge in [0.25, 0.3) is 11.6 Å². The van der Waals surface area contributed by atoms with Crippen LogP contribution in [0.5, 0.6) is 0 Å². The Morgan fingerprint density at radius 2 is 1.84 bits per heavy atom. The summed E-state index contributed by atoms with van der Waals surface area (Å²) in [5.74, 6) is -0.607. The van der Waals surface area contributed by atoms with E-state index in [0.717, 1.165) is 6.26 Å². The molecule has 8 nitrogen and oxygen atoms in total. The normalized spacial score (nSPS) is 11.0. The molecule has 2 aromatic carbocycles. The van der Waals surface area contributed by atoms with Gasteiger partial charge >= 0.3 is 0 Å². The van der Waals surface area contributed by atoms with E-state index in [2.05, 4.69) is 10.0 Å². The van der Waals surface area contributed by atoms with Crippen LogP contribution in [-0.2, 0) is 16.6 Å². The highest BCUT2D eigenvalue weighted by Gasteiger charge is 2.22. The summed E-state index contributed by atoms with van der Waals surface area (Å²) in [6, 6.07) is 11.1. The van der Waals surface area contributed by atoms with E-state index in [9.17, 15) is 23.3 Å². The highest BCUT2D eigenvalue weighted by Crippen LogP contribution is 2.23. The van der Waals surface area contributed by atoms with Crippen molar-refractivity contribution < 1.29 is 18.1 Å². The highest BCUT2D eigenvalue weighted by molar-refractivity contribution is 7.92. The summed E-state index contributed by atoms with van der Waals surface area (Å²) in [7, 11) is -3.47. The van der Waals surface area contributed by atoms with Crippen LogP contribution < -0.4 is 10.0 Å². The molecule has 2 rings (SSSR count). The summed E-state index contributed by atoms with van der Waals surface area (Å²) in [5, 5.41) is 13.8. The van der Waals surface area contributed by atoms with Crippen LogP contribution in [0.3, 0.4) is 0 Å². The molecule has 0 heterocycles. The quantitative estimate of drug-likeness (QED) is 0.602. The van der Waals surface area contributed by atoms with Crippen LogP contribution in [0, 0.1) is 17.0 Å². The maximum Gasteiger partial charge on any atom is 0.285 e. The molecule has 0 fully saturated rings. The number of nitro groups is 1. The van der Waals surface area contributed by atoms with Crippen molar-refractivity contribution in [3.05, 3.63) is 69.3 Å². The predicted octanol–water partition coefficient (Wildman–Crippen LogP) is 2.20. The Morgan fingerprint density at radius 1 is 1.16 bits per heavy atom. The fourth-order valence-electron chi connectivity index (χ4n) is 2.33. The fourth-order valence-corrected chi connectivity index (χ4v) is 2.93. The summed E-state index contributed by atoms with van der Waals surface area (Å²) in [4.78, 5) is 22.9. The summed E-state index contributed by atoms with van der Waals surface area (Å²) in [6.07, 6.45) is 1.03. The number of anilines is 1. The molecule has 0 saturated heterocycles. The maximum absolute atomic E-state index is 12.3. The third kappa shape index (κ3) is 4.77. The highest BCUT2D eigenvalue weighted by atomic mass is 32.2. The molecule has 0 spiro atoms. The molecular weight excluding hydrogens is 346 g/mol. The Labute approximate surface area is 145 Å². The monoisotopic (exact) mass is 363 g/mol.